The van der Waals surface area contributed by atoms with Gasteiger partial charge in [0.1, 0.15) is 18.7 Å². The summed E-state index contributed by atoms with van der Waals surface area (Å²) < 4.78 is 3.52. The number of aryl methyl sites for hydroxylation is 1. The molecule has 0 aromatic carbocycles. The van der Waals surface area contributed by atoms with E-state index in [1.54, 1.807) is 4.68 Å². The minimum absolute atomic E-state index is 0.0246. The number of carbonyl (C=O) groups is 1. The van der Waals surface area contributed by atoms with Crippen molar-refractivity contribution in [2.24, 2.45) is 0 Å². The van der Waals surface area contributed by atoms with E-state index in [9.17, 15) is 4.79 Å². The van der Waals surface area contributed by atoms with Crippen LogP contribution >= 0.6 is 0 Å². The number of rotatable bonds is 7. The van der Waals surface area contributed by atoms with Crippen LogP contribution in [0.25, 0.3) is 5.82 Å². The molecule has 8 heteroatoms. The third-order valence-corrected chi connectivity index (χ3v) is 3.36. The minimum Gasteiger partial charge on any atom is -0.368 e. The van der Waals surface area contributed by atoms with Crippen LogP contribution in [-0.2, 0) is 11.3 Å². The van der Waals surface area contributed by atoms with Gasteiger partial charge in [-0.3, -0.25) is 4.79 Å². The van der Waals surface area contributed by atoms with Crippen LogP contribution in [0.15, 0.2) is 49.2 Å². The lowest BCUT2D eigenvalue weighted by Crippen LogP contribution is -2.31. The normalized spacial score (nSPS) is 10.5. The van der Waals surface area contributed by atoms with Gasteiger partial charge in [0.25, 0.3) is 0 Å². The van der Waals surface area contributed by atoms with Crippen LogP contribution in [0.4, 0.5) is 5.82 Å². The van der Waals surface area contributed by atoms with E-state index in [-0.39, 0.29) is 5.91 Å². The summed E-state index contributed by atoms with van der Waals surface area (Å²) in [7, 11) is 0. The van der Waals surface area contributed by atoms with E-state index in [1.165, 1.54) is 6.33 Å². The van der Waals surface area contributed by atoms with Gasteiger partial charge in [0.05, 0.1) is 5.69 Å². The summed E-state index contributed by atoms with van der Waals surface area (Å²) in [5, 5.41) is 10.3. The maximum absolute atomic E-state index is 11.8. The number of hydrogen-bond acceptors (Lipinski definition) is 5. The summed E-state index contributed by atoms with van der Waals surface area (Å²) in [5.74, 6) is 1.36. The van der Waals surface area contributed by atoms with Gasteiger partial charge in [-0.05, 0) is 25.1 Å². The fraction of sp³-hybridized carbons (Fsp3) is 0.250. The number of carbonyl (C=O) groups excluding carboxylic acids is 1. The molecule has 0 unspecified atom stereocenters. The van der Waals surface area contributed by atoms with Crippen molar-refractivity contribution in [2.45, 2.75) is 13.5 Å². The van der Waals surface area contributed by atoms with Crippen molar-refractivity contribution in [3.63, 3.8) is 0 Å². The third-order valence-electron chi connectivity index (χ3n) is 3.36. The summed E-state index contributed by atoms with van der Waals surface area (Å²) in [4.78, 5) is 20.1. The van der Waals surface area contributed by atoms with Gasteiger partial charge in [-0.15, -0.1) is 0 Å². The van der Waals surface area contributed by atoms with E-state index in [4.69, 9.17) is 0 Å². The molecule has 0 radical (unpaired) electrons. The molecule has 0 spiro atoms. The summed E-state index contributed by atoms with van der Waals surface area (Å²) in [5.41, 5.74) is 0.925. The Morgan fingerprint density at radius 2 is 2.00 bits per heavy atom. The van der Waals surface area contributed by atoms with Crippen molar-refractivity contribution < 1.29 is 4.79 Å². The molecule has 2 N–H and O–H groups in total. The number of anilines is 1. The number of aromatic nitrogens is 5. The van der Waals surface area contributed by atoms with E-state index in [1.807, 2.05) is 54.3 Å². The van der Waals surface area contributed by atoms with E-state index < -0.39 is 0 Å². The smallest absolute Gasteiger partial charge is 0.239 e. The van der Waals surface area contributed by atoms with Crippen molar-refractivity contribution in [1.29, 1.82) is 0 Å². The molecule has 124 valence electrons. The second-order valence-corrected chi connectivity index (χ2v) is 5.30. The molecule has 0 bridgehead atoms. The maximum Gasteiger partial charge on any atom is 0.239 e. The molecule has 0 atom stereocenters. The van der Waals surface area contributed by atoms with Gasteiger partial charge in [0, 0.05) is 37.7 Å². The van der Waals surface area contributed by atoms with Gasteiger partial charge < -0.3 is 15.2 Å². The highest BCUT2D eigenvalue weighted by Crippen LogP contribution is 2.08. The SMILES string of the molecule is Cc1ccn(-c2cc(NCCNC(=O)Cn3cccc3)ncn2)n1. The summed E-state index contributed by atoms with van der Waals surface area (Å²) in [6, 6.07) is 7.51. The molecule has 8 nitrogen and oxygen atoms in total. The Labute approximate surface area is 139 Å². The fourth-order valence-corrected chi connectivity index (χ4v) is 2.20. The lowest BCUT2D eigenvalue weighted by atomic mass is 10.5. The Bertz CT molecular complexity index is 794. The largest absolute Gasteiger partial charge is 0.368 e. The van der Waals surface area contributed by atoms with Gasteiger partial charge >= 0.3 is 0 Å². The minimum atomic E-state index is -0.0246. The lowest BCUT2D eigenvalue weighted by molar-refractivity contribution is -0.121. The van der Waals surface area contributed by atoms with Crippen LogP contribution in [0.3, 0.4) is 0 Å². The first-order valence-electron chi connectivity index (χ1n) is 7.67. The fourth-order valence-electron chi connectivity index (χ4n) is 2.20. The number of nitrogens with one attached hydrogen (secondary N) is 2. The maximum atomic E-state index is 11.8. The average molecular weight is 325 g/mol. The monoisotopic (exact) mass is 325 g/mol. The molecule has 3 heterocycles. The van der Waals surface area contributed by atoms with Gasteiger partial charge in [-0.1, -0.05) is 0 Å². The van der Waals surface area contributed by atoms with Crippen molar-refractivity contribution in [3.05, 3.63) is 54.9 Å². The highest BCUT2D eigenvalue weighted by atomic mass is 16.1. The molecule has 0 aliphatic heterocycles. The molecular weight excluding hydrogens is 306 g/mol. The van der Waals surface area contributed by atoms with E-state index in [2.05, 4.69) is 25.7 Å². The molecule has 3 aromatic heterocycles. The molecule has 0 saturated carbocycles. The van der Waals surface area contributed by atoms with Gasteiger partial charge in [0.15, 0.2) is 5.82 Å². The van der Waals surface area contributed by atoms with Gasteiger partial charge in [-0.25, -0.2) is 14.6 Å². The number of amides is 1. The topological polar surface area (TPSA) is 89.7 Å². The second kappa shape index (κ2) is 7.40. The zero-order valence-electron chi connectivity index (χ0n) is 13.4. The predicted molar refractivity (Wildman–Crippen MR) is 89.8 cm³/mol. The molecule has 1 amide bonds. The Hall–Kier alpha value is -3.16. The predicted octanol–water partition coefficient (Wildman–Crippen LogP) is 1.00. The van der Waals surface area contributed by atoms with Crippen LogP contribution < -0.4 is 10.6 Å². The summed E-state index contributed by atoms with van der Waals surface area (Å²) >= 11 is 0. The molecule has 24 heavy (non-hydrogen) atoms. The molecule has 0 saturated heterocycles. The van der Waals surface area contributed by atoms with Gasteiger partial charge in [0.2, 0.25) is 5.91 Å². The summed E-state index contributed by atoms with van der Waals surface area (Å²) in [6.45, 7) is 3.34. The molecule has 0 aliphatic carbocycles. The molecule has 0 fully saturated rings. The third kappa shape index (κ3) is 4.19. The van der Waals surface area contributed by atoms with Crippen molar-refractivity contribution in [1.82, 2.24) is 29.6 Å². The first kappa shape index (κ1) is 15.7. The van der Waals surface area contributed by atoms with E-state index >= 15 is 0 Å². The molecule has 3 rings (SSSR count). The molecule has 3 aromatic rings. The summed E-state index contributed by atoms with van der Waals surface area (Å²) in [6.07, 6.45) is 7.05. The van der Waals surface area contributed by atoms with Crippen LogP contribution in [0.5, 0.6) is 0 Å². The number of hydrogen-bond donors (Lipinski definition) is 2. The zero-order chi connectivity index (χ0) is 16.8. The molecule has 0 aliphatic rings. The van der Waals surface area contributed by atoms with Crippen molar-refractivity contribution in [2.75, 3.05) is 18.4 Å². The van der Waals surface area contributed by atoms with Crippen molar-refractivity contribution in [3.8, 4) is 5.82 Å². The lowest BCUT2D eigenvalue weighted by Gasteiger charge is -2.09. The van der Waals surface area contributed by atoms with Crippen LogP contribution in [-0.4, -0.2) is 43.3 Å². The van der Waals surface area contributed by atoms with E-state index in [0.29, 0.717) is 31.3 Å². The highest BCUT2D eigenvalue weighted by Gasteiger charge is 2.03. The number of nitrogens with zero attached hydrogens (tertiary/aromatic N) is 5. The second-order valence-electron chi connectivity index (χ2n) is 5.30. The van der Waals surface area contributed by atoms with Crippen LogP contribution in [0.2, 0.25) is 0 Å². The quantitative estimate of drug-likeness (QED) is 0.633. The Morgan fingerprint density at radius 1 is 1.17 bits per heavy atom. The Kier molecular flexibility index (Phi) is 4.85. The standard InChI is InChI=1S/C16H19N7O/c1-13-4-9-23(21-13)15-10-14(19-12-20-15)17-5-6-18-16(24)11-22-7-2-3-8-22/h2-4,7-10,12H,5-6,11H2,1H3,(H,18,24)(H,17,19,20). The van der Waals surface area contributed by atoms with Crippen LogP contribution in [0.1, 0.15) is 5.69 Å². The zero-order valence-corrected chi connectivity index (χ0v) is 13.4. The first-order chi connectivity index (χ1) is 11.7. The van der Waals surface area contributed by atoms with E-state index in [0.717, 1.165) is 5.69 Å². The van der Waals surface area contributed by atoms with Crippen LogP contribution in [0, 0.1) is 6.92 Å². The highest BCUT2D eigenvalue weighted by molar-refractivity contribution is 5.75. The average Bonchev–Trinajstić information content (AvgIpc) is 3.23. The van der Waals surface area contributed by atoms with Crippen molar-refractivity contribution >= 4 is 11.7 Å². The first-order valence-corrected chi connectivity index (χ1v) is 7.67. The Balaban J connectivity index is 1.46. The Morgan fingerprint density at radius 3 is 2.75 bits per heavy atom. The van der Waals surface area contributed by atoms with Gasteiger partial charge in [-0.2, -0.15) is 5.10 Å². The molecular formula is C16H19N7O.